The molecule has 0 amide bonds. The number of nitrogens with one attached hydrogen (secondary N) is 1. The maximum Gasteiger partial charge on any atom is 0.0615 e. The quantitative estimate of drug-likeness (QED) is 0.770. The summed E-state index contributed by atoms with van der Waals surface area (Å²) in [6, 6.07) is 0. The molecule has 0 aliphatic carbocycles. The number of hydrogen-bond donors (Lipinski definition) is 2. The van der Waals surface area contributed by atoms with E-state index >= 15 is 0 Å². The summed E-state index contributed by atoms with van der Waals surface area (Å²) in [5.74, 6) is 0. The van der Waals surface area contributed by atoms with Crippen LogP contribution in [-0.4, -0.2) is 48.8 Å². The number of rotatable bonds is 5. The third-order valence-corrected chi connectivity index (χ3v) is 3.76. The predicted octanol–water partition coefficient (Wildman–Crippen LogP) is 1.71. The lowest BCUT2D eigenvalue weighted by molar-refractivity contribution is -0.0337. The van der Waals surface area contributed by atoms with Crippen molar-refractivity contribution in [2.24, 2.45) is 10.8 Å². The third-order valence-electron chi connectivity index (χ3n) is 3.76. The van der Waals surface area contributed by atoms with E-state index in [1.54, 1.807) is 0 Å². The smallest absolute Gasteiger partial charge is 0.0615 e. The number of nitrogens with zero attached hydrogens (tertiary/aromatic N) is 1. The molecule has 0 radical (unpaired) electrons. The van der Waals surface area contributed by atoms with Crippen LogP contribution in [0.25, 0.3) is 0 Å². The standard InChI is InChI=1S/C14H30N2O/c1-6-15-9-13(2,3)10-16-8-7-12(17)14(4,5)11-16/h12,15,17H,6-11H2,1-5H3. The molecular formula is C14H30N2O. The third kappa shape index (κ3) is 4.57. The molecule has 1 aliphatic rings. The summed E-state index contributed by atoms with van der Waals surface area (Å²) >= 11 is 0. The summed E-state index contributed by atoms with van der Waals surface area (Å²) in [7, 11) is 0. The van der Waals surface area contributed by atoms with Crippen molar-refractivity contribution in [1.82, 2.24) is 10.2 Å². The van der Waals surface area contributed by atoms with Gasteiger partial charge in [-0.15, -0.1) is 0 Å². The van der Waals surface area contributed by atoms with E-state index in [1.807, 2.05) is 0 Å². The van der Waals surface area contributed by atoms with Crippen molar-refractivity contribution >= 4 is 0 Å². The second-order valence-corrected chi connectivity index (χ2v) is 6.95. The Hall–Kier alpha value is -0.120. The largest absolute Gasteiger partial charge is 0.392 e. The van der Waals surface area contributed by atoms with Crippen LogP contribution in [0.1, 0.15) is 41.0 Å². The maximum atomic E-state index is 9.96. The SMILES string of the molecule is CCNCC(C)(C)CN1CCC(O)C(C)(C)C1. The van der Waals surface area contributed by atoms with Gasteiger partial charge in [0.15, 0.2) is 0 Å². The topological polar surface area (TPSA) is 35.5 Å². The van der Waals surface area contributed by atoms with Crippen LogP contribution in [0.4, 0.5) is 0 Å². The molecule has 1 unspecified atom stereocenters. The van der Waals surface area contributed by atoms with Crippen molar-refractivity contribution in [3.63, 3.8) is 0 Å². The summed E-state index contributed by atoms with van der Waals surface area (Å²) in [6.45, 7) is 16.3. The van der Waals surface area contributed by atoms with Gasteiger partial charge >= 0.3 is 0 Å². The Kier molecular flexibility index (Phi) is 4.99. The molecule has 0 aromatic rings. The minimum atomic E-state index is -0.143. The summed E-state index contributed by atoms with van der Waals surface area (Å²) in [5.41, 5.74) is 0.334. The predicted molar refractivity (Wildman–Crippen MR) is 73.2 cm³/mol. The van der Waals surface area contributed by atoms with Crippen LogP contribution in [0.5, 0.6) is 0 Å². The highest BCUT2D eigenvalue weighted by Crippen LogP contribution is 2.30. The second-order valence-electron chi connectivity index (χ2n) is 6.95. The van der Waals surface area contributed by atoms with E-state index in [-0.39, 0.29) is 11.5 Å². The van der Waals surface area contributed by atoms with E-state index < -0.39 is 0 Å². The number of hydrogen-bond acceptors (Lipinski definition) is 3. The normalized spacial score (nSPS) is 26.1. The van der Waals surface area contributed by atoms with Crippen LogP contribution >= 0.6 is 0 Å². The molecule has 3 heteroatoms. The number of aliphatic hydroxyl groups excluding tert-OH is 1. The number of piperidine rings is 1. The summed E-state index contributed by atoms with van der Waals surface area (Å²) < 4.78 is 0. The van der Waals surface area contributed by atoms with Crippen LogP contribution in [0.2, 0.25) is 0 Å². The highest BCUT2D eigenvalue weighted by molar-refractivity contribution is 4.89. The zero-order chi connectivity index (χ0) is 13.1. The first-order valence-corrected chi connectivity index (χ1v) is 6.88. The van der Waals surface area contributed by atoms with E-state index in [2.05, 4.69) is 44.8 Å². The van der Waals surface area contributed by atoms with Crippen molar-refractivity contribution in [2.45, 2.75) is 47.1 Å². The molecular weight excluding hydrogens is 212 g/mol. The summed E-state index contributed by atoms with van der Waals surface area (Å²) in [6.07, 6.45) is 0.764. The number of aliphatic hydroxyl groups is 1. The molecule has 17 heavy (non-hydrogen) atoms. The maximum absolute atomic E-state index is 9.96. The average molecular weight is 242 g/mol. The summed E-state index contributed by atoms with van der Waals surface area (Å²) in [5, 5.41) is 13.4. The van der Waals surface area contributed by atoms with Gasteiger partial charge in [0, 0.05) is 31.6 Å². The lowest BCUT2D eigenvalue weighted by Crippen LogP contribution is -2.52. The van der Waals surface area contributed by atoms with Gasteiger partial charge in [-0.1, -0.05) is 34.6 Å². The molecule has 0 aromatic heterocycles. The number of likely N-dealkylation sites (tertiary alicyclic amines) is 1. The zero-order valence-electron chi connectivity index (χ0n) is 12.2. The molecule has 0 saturated carbocycles. The van der Waals surface area contributed by atoms with Gasteiger partial charge in [-0.05, 0) is 18.4 Å². The first-order chi connectivity index (χ1) is 7.77. The van der Waals surface area contributed by atoms with Gasteiger partial charge in [0.25, 0.3) is 0 Å². The fraction of sp³-hybridized carbons (Fsp3) is 1.00. The highest BCUT2D eigenvalue weighted by atomic mass is 16.3. The molecule has 0 bridgehead atoms. The summed E-state index contributed by atoms with van der Waals surface area (Å²) in [4.78, 5) is 2.50. The Labute approximate surface area is 107 Å². The van der Waals surface area contributed by atoms with Crippen LogP contribution in [-0.2, 0) is 0 Å². The van der Waals surface area contributed by atoms with Crippen LogP contribution < -0.4 is 5.32 Å². The monoisotopic (exact) mass is 242 g/mol. The first-order valence-electron chi connectivity index (χ1n) is 6.88. The molecule has 2 N–H and O–H groups in total. The van der Waals surface area contributed by atoms with E-state index in [0.29, 0.717) is 5.41 Å². The van der Waals surface area contributed by atoms with E-state index in [4.69, 9.17) is 0 Å². The van der Waals surface area contributed by atoms with Crippen molar-refractivity contribution in [1.29, 1.82) is 0 Å². The molecule has 102 valence electrons. The van der Waals surface area contributed by atoms with E-state index in [0.717, 1.165) is 39.1 Å². The lowest BCUT2D eigenvalue weighted by Gasteiger charge is -2.44. The van der Waals surface area contributed by atoms with Crippen molar-refractivity contribution in [3.8, 4) is 0 Å². The molecule has 1 rings (SSSR count). The average Bonchev–Trinajstić information content (AvgIpc) is 2.20. The van der Waals surface area contributed by atoms with Gasteiger partial charge in [-0.3, -0.25) is 0 Å². The molecule has 1 fully saturated rings. The van der Waals surface area contributed by atoms with E-state index in [9.17, 15) is 5.11 Å². The first kappa shape index (κ1) is 14.9. The van der Waals surface area contributed by atoms with Crippen molar-refractivity contribution in [2.75, 3.05) is 32.7 Å². The molecule has 1 aliphatic heterocycles. The van der Waals surface area contributed by atoms with Crippen molar-refractivity contribution < 1.29 is 5.11 Å². The Morgan fingerprint density at radius 2 is 2.06 bits per heavy atom. The molecule has 0 spiro atoms. The minimum absolute atomic E-state index is 0.0342. The lowest BCUT2D eigenvalue weighted by atomic mass is 9.80. The van der Waals surface area contributed by atoms with Gasteiger partial charge < -0.3 is 15.3 Å². The molecule has 1 heterocycles. The fourth-order valence-electron chi connectivity index (χ4n) is 2.72. The van der Waals surface area contributed by atoms with Crippen LogP contribution in [0.3, 0.4) is 0 Å². The Balaban J connectivity index is 2.47. The minimum Gasteiger partial charge on any atom is -0.392 e. The van der Waals surface area contributed by atoms with Crippen LogP contribution in [0.15, 0.2) is 0 Å². The molecule has 3 nitrogen and oxygen atoms in total. The Morgan fingerprint density at radius 1 is 1.41 bits per heavy atom. The van der Waals surface area contributed by atoms with Gasteiger partial charge in [0.1, 0.15) is 0 Å². The van der Waals surface area contributed by atoms with Crippen LogP contribution in [0, 0.1) is 10.8 Å². The van der Waals surface area contributed by atoms with E-state index in [1.165, 1.54) is 0 Å². The fourth-order valence-corrected chi connectivity index (χ4v) is 2.72. The second kappa shape index (κ2) is 5.68. The van der Waals surface area contributed by atoms with Gasteiger partial charge in [-0.2, -0.15) is 0 Å². The molecule has 1 atom stereocenters. The zero-order valence-corrected chi connectivity index (χ0v) is 12.2. The molecule has 0 aromatic carbocycles. The van der Waals surface area contributed by atoms with Gasteiger partial charge in [-0.25, -0.2) is 0 Å². The van der Waals surface area contributed by atoms with Gasteiger partial charge in [0.05, 0.1) is 6.10 Å². The van der Waals surface area contributed by atoms with Crippen molar-refractivity contribution in [3.05, 3.63) is 0 Å². The molecule has 1 saturated heterocycles. The van der Waals surface area contributed by atoms with Gasteiger partial charge in [0.2, 0.25) is 0 Å². The Bertz CT molecular complexity index is 238. The Morgan fingerprint density at radius 3 is 2.59 bits per heavy atom. The highest BCUT2D eigenvalue weighted by Gasteiger charge is 2.36.